The standard InChI is InChI=1S/C20H26N2O2S/c1-4-15-7-10-17(11-8-15)22-20(25)21-14-16-9-12-18(23-5-2)19(13-16)24-6-3/h7-13H,4-6,14H2,1-3H3,(H2,21,22,25). The van der Waals surface area contributed by atoms with E-state index in [0.717, 1.165) is 29.2 Å². The predicted molar refractivity (Wildman–Crippen MR) is 108 cm³/mol. The van der Waals surface area contributed by atoms with Gasteiger partial charge < -0.3 is 20.1 Å². The third-order valence-electron chi connectivity index (χ3n) is 3.68. The highest BCUT2D eigenvalue weighted by atomic mass is 32.1. The summed E-state index contributed by atoms with van der Waals surface area (Å²) in [6, 6.07) is 14.2. The van der Waals surface area contributed by atoms with Gasteiger partial charge in [0.1, 0.15) is 0 Å². The minimum absolute atomic E-state index is 0.594. The van der Waals surface area contributed by atoms with E-state index in [2.05, 4.69) is 29.7 Å². The van der Waals surface area contributed by atoms with Crippen molar-refractivity contribution in [2.24, 2.45) is 0 Å². The van der Waals surface area contributed by atoms with E-state index in [1.807, 2.05) is 44.2 Å². The second-order valence-electron chi connectivity index (χ2n) is 5.51. The minimum Gasteiger partial charge on any atom is -0.490 e. The van der Waals surface area contributed by atoms with Crippen molar-refractivity contribution >= 4 is 23.0 Å². The summed E-state index contributed by atoms with van der Waals surface area (Å²) in [6.07, 6.45) is 1.03. The molecular formula is C20H26N2O2S. The number of thiocarbonyl (C=S) groups is 1. The molecule has 0 aliphatic heterocycles. The quantitative estimate of drug-likeness (QED) is 0.679. The molecule has 0 aliphatic carbocycles. The van der Waals surface area contributed by atoms with Crippen molar-refractivity contribution in [2.45, 2.75) is 33.7 Å². The van der Waals surface area contributed by atoms with Crippen LogP contribution in [-0.4, -0.2) is 18.3 Å². The summed E-state index contributed by atoms with van der Waals surface area (Å²) in [6.45, 7) is 7.90. The lowest BCUT2D eigenvalue weighted by molar-refractivity contribution is 0.287. The maximum absolute atomic E-state index is 5.65. The zero-order valence-electron chi connectivity index (χ0n) is 15.1. The molecule has 25 heavy (non-hydrogen) atoms. The van der Waals surface area contributed by atoms with Crippen molar-refractivity contribution in [3.8, 4) is 11.5 Å². The topological polar surface area (TPSA) is 42.5 Å². The zero-order chi connectivity index (χ0) is 18.1. The SMILES string of the molecule is CCOc1ccc(CNC(=S)Nc2ccc(CC)cc2)cc1OCC. The van der Waals surface area contributed by atoms with Crippen molar-refractivity contribution < 1.29 is 9.47 Å². The van der Waals surface area contributed by atoms with Gasteiger partial charge in [-0.2, -0.15) is 0 Å². The molecule has 0 saturated carbocycles. The first-order valence-corrected chi connectivity index (χ1v) is 9.09. The molecule has 2 aromatic rings. The summed E-state index contributed by atoms with van der Waals surface area (Å²) in [5, 5.41) is 7.01. The van der Waals surface area contributed by atoms with Crippen molar-refractivity contribution in [3.05, 3.63) is 53.6 Å². The van der Waals surface area contributed by atoms with Crippen molar-refractivity contribution in [3.63, 3.8) is 0 Å². The van der Waals surface area contributed by atoms with E-state index in [1.54, 1.807) is 0 Å². The van der Waals surface area contributed by atoms with Crippen LogP contribution in [0.2, 0.25) is 0 Å². The third kappa shape index (κ3) is 5.94. The van der Waals surface area contributed by atoms with Gasteiger partial charge in [-0.05, 0) is 67.9 Å². The molecule has 0 fully saturated rings. The van der Waals surface area contributed by atoms with Crippen LogP contribution in [-0.2, 0) is 13.0 Å². The molecule has 2 rings (SSSR count). The molecule has 0 bridgehead atoms. The molecule has 2 N–H and O–H groups in total. The number of aryl methyl sites for hydroxylation is 1. The molecule has 0 heterocycles. The number of rotatable bonds is 8. The summed E-state index contributed by atoms with van der Waals surface area (Å²) < 4.78 is 11.2. The van der Waals surface area contributed by atoms with Gasteiger partial charge in [-0.15, -0.1) is 0 Å². The van der Waals surface area contributed by atoms with E-state index in [-0.39, 0.29) is 0 Å². The van der Waals surface area contributed by atoms with E-state index in [0.29, 0.717) is 24.9 Å². The molecule has 134 valence electrons. The predicted octanol–water partition coefficient (Wildman–Crippen LogP) is 4.53. The first-order chi connectivity index (χ1) is 12.2. The lowest BCUT2D eigenvalue weighted by Gasteiger charge is -2.14. The smallest absolute Gasteiger partial charge is 0.171 e. The average molecular weight is 359 g/mol. The summed E-state index contributed by atoms with van der Waals surface area (Å²) in [5.41, 5.74) is 3.37. The Morgan fingerprint density at radius 2 is 1.52 bits per heavy atom. The fourth-order valence-corrected chi connectivity index (χ4v) is 2.58. The summed E-state index contributed by atoms with van der Waals surface area (Å²) in [4.78, 5) is 0. The molecule has 4 nitrogen and oxygen atoms in total. The lowest BCUT2D eigenvalue weighted by Crippen LogP contribution is -2.27. The fraction of sp³-hybridized carbons (Fsp3) is 0.350. The Morgan fingerprint density at radius 3 is 2.16 bits per heavy atom. The Morgan fingerprint density at radius 1 is 0.880 bits per heavy atom. The molecule has 0 aliphatic rings. The van der Waals surface area contributed by atoms with Gasteiger partial charge in [0.2, 0.25) is 0 Å². The maximum Gasteiger partial charge on any atom is 0.171 e. The number of nitrogens with one attached hydrogen (secondary N) is 2. The molecule has 0 unspecified atom stereocenters. The number of hydrogen-bond donors (Lipinski definition) is 2. The fourth-order valence-electron chi connectivity index (χ4n) is 2.39. The van der Waals surface area contributed by atoms with Crippen LogP contribution in [0.25, 0.3) is 0 Å². The molecule has 0 saturated heterocycles. The summed E-state index contributed by atoms with van der Waals surface area (Å²) in [7, 11) is 0. The van der Waals surface area contributed by atoms with Gasteiger partial charge in [-0.3, -0.25) is 0 Å². The largest absolute Gasteiger partial charge is 0.490 e. The first kappa shape index (κ1) is 19.1. The number of anilines is 1. The molecule has 0 spiro atoms. The number of hydrogen-bond acceptors (Lipinski definition) is 3. The molecule has 5 heteroatoms. The van der Waals surface area contributed by atoms with Crippen LogP contribution in [0.15, 0.2) is 42.5 Å². The third-order valence-corrected chi connectivity index (χ3v) is 3.93. The summed E-state index contributed by atoms with van der Waals surface area (Å²) >= 11 is 5.37. The van der Waals surface area contributed by atoms with Crippen LogP contribution in [0.5, 0.6) is 11.5 Å². The van der Waals surface area contributed by atoms with Gasteiger partial charge in [0, 0.05) is 12.2 Å². The first-order valence-electron chi connectivity index (χ1n) is 8.68. The van der Waals surface area contributed by atoms with Crippen LogP contribution >= 0.6 is 12.2 Å². The number of benzene rings is 2. The van der Waals surface area contributed by atoms with E-state index >= 15 is 0 Å². The average Bonchev–Trinajstić information content (AvgIpc) is 2.63. The molecule has 0 atom stereocenters. The molecule has 0 radical (unpaired) electrons. The Kier molecular flexibility index (Phi) is 7.54. The van der Waals surface area contributed by atoms with Gasteiger partial charge in [0.15, 0.2) is 16.6 Å². The highest BCUT2D eigenvalue weighted by Gasteiger charge is 2.06. The van der Waals surface area contributed by atoms with Gasteiger partial charge in [-0.1, -0.05) is 25.1 Å². The van der Waals surface area contributed by atoms with Crippen molar-refractivity contribution in [2.75, 3.05) is 18.5 Å². The van der Waals surface area contributed by atoms with Crippen LogP contribution in [0.4, 0.5) is 5.69 Å². The van der Waals surface area contributed by atoms with Gasteiger partial charge in [0.25, 0.3) is 0 Å². The highest BCUT2D eigenvalue weighted by Crippen LogP contribution is 2.28. The van der Waals surface area contributed by atoms with Gasteiger partial charge in [0.05, 0.1) is 13.2 Å². The van der Waals surface area contributed by atoms with Crippen molar-refractivity contribution in [1.82, 2.24) is 5.32 Å². The monoisotopic (exact) mass is 358 g/mol. The van der Waals surface area contributed by atoms with Crippen LogP contribution in [0.3, 0.4) is 0 Å². The van der Waals surface area contributed by atoms with Gasteiger partial charge >= 0.3 is 0 Å². The number of ether oxygens (including phenoxy) is 2. The Labute approximate surface area is 155 Å². The van der Waals surface area contributed by atoms with E-state index in [9.17, 15) is 0 Å². The van der Waals surface area contributed by atoms with Crippen LogP contribution in [0.1, 0.15) is 31.9 Å². The zero-order valence-corrected chi connectivity index (χ0v) is 15.9. The molecule has 0 aromatic heterocycles. The van der Waals surface area contributed by atoms with Gasteiger partial charge in [-0.25, -0.2) is 0 Å². The van der Waals surface area contributed by atoms with Crippen LogP contribution < -0.4 is 20.1 Å². The van der Waals surface area contributed by atoms with Crippen molar-refractivity contribution in [1.29, 1.82) is 0 Å². The molecule has 0 amide bonds. The Hall–Kier alpha value is -2.27. The maximum atomic E-state index is 5.65. The molecule has 2 aromatic carbocycles. The Bertz CT molecular complexity index is 687. The second-order valence-corrected chi connectivity index (χ2v) is 5.91. The highest BCUT2D eigenvalue weighted by molar-refractivity contribution is 7.80. The van der Waals surface area contributed by atoms with Crippen LogP contribution in [0, 0.1) is 0 Å². The van der Waals surface area contributed by atoms with E-state index < -0.39 is 0 Å². The minimum atomic E-state index is 0.594. The normalized spacial score (nSPS) is 10.2. The molecular weight excluding hydrogens is 332 g/mol. The van der Waals surface area contributed by atoms with E-state index in [4.69, 9.17) is 21.7 Å². The second kappa shape index (κ2) is 9.89. The van der Waals surface area contributed by atoms with E-state index in [1.165, 1.54) is 5.56 Å². The lowest BCUT2D eigenvalue weighted by atomic mass is 10.1. The Balaban J connectivity index is 1.92. The summed E-state index contributed by atoms with van der Waals surface area (Å²) in [5.74, 6) is 1.53.